The largest absolute Gasteiger partial charge is 0.495 e. The van der Waals surface area contributed by atoms with Crippen LogP contribution in [0.1, 0.15) is 0 Å². The molecule has 7 heteroatoms. The van der Waals surface area contributed by atoms with Crippen molar-refractivity contribution in [1.29, 1.82) is 0 Å². The highest BCUT2D eigenvalue weighted by Gasteiger charge is 2.24. The highest BCUT2D eigenvalue weighted by atomic mass is 32.2. The van der Waals surface area contributed by atoms with Gasteiger partial charge >= 0.3 is 0 Å². The van der Waals surface area contributed by atoms with Gasteiger partial charge in [0.15, 0.2) is 0 Å². The smallest absolute Gasteiger partial charge is 0.271 e. The van der Waals surface area contributed by atoms with E-state index in [0.717, 1.165) is 21.5 Å². The van der Waals surface area contributed by atoms with Gasteiger partial charge in [0.25, 0.3) is 10.0 Å². The molecule has 0 aliphatic heterocycles. The summed E-state index contributed by atoms with van der Waals surface area (Å²) in [4.78, 5) is -0.185. The van der Waals surface area contributed by atoms with Crippen LogP contribution in [0, 0.1) is 5.82 Å². The van der Waals surface area contributed by atoms with Crippen LogP contribution in [0.2, 0.25) is 0 Å². The number of methoxy groups -OCH3 is 1. The van der Waals surface area contributed by atoms with E-state index in [1.807, 2.05) is 6.07 Å². The summed E-state index contributed by atoms with van der Waals surface area (Å²) < 4.78 is 45.3. The van der Waals surface area contributed by atoms with E-state index in [1.165, 1.54) is 13.3 Å². The molecule has 0 atom stereocenters. The van der Waals surface area contributed by atoms with Crippen molar-refractivity contribution in [1.82, 2.24) is 3.97 Å². The number of benzene rings is 2. The van der Waals surface area contributed by atoms with E-state index in [1.54, 1.807) is 24.3 Å². The third-order valence-electron chi connectivity index (χ3n) is 3.38. The summed E-state index contributed by atoms with van der Waals surface area (Å²) in [5.41, 5.74) is 5.77. The highest BCUT2D eigenvalue weighted by Crippen LogP contribution is 2.31. The van der Waals surface area contributed by atoms with Gasteiger partial charge in [-0.1, -0.05) is 18.2 Å². The van der Waals surface area contributed by atoms with Crippen LogP contribution in [-0.2, 0) is 10.0 Å². The number of hydrogen-bond acceptors (Lipinski definition) is 4. The van der Waals surface area contributed by atoms with Crippen molar-refractivity contribution >= 4 is 26.6 Å². The van der Waals surface area contributed by atoms with Crippen LogP contribution < -0.4 is 10.5 Å². The molecule has 0 aliphatic carbocycles. The number of nitrogen functional groups attached to an aromatic ring is 1. The number of nitrogens with zero attached hydrogens (tertiary/aromatic N) is 1. The molecule has 0 amide bonds. The van der Waals surface area contributed by atoms with Gasteiger partial charge in [0, 0.05) is 17.6 Å². The Balaban J connectivity index is 2.29. The maximum Gasteiger partial charge on any atom is 0.271 e. The first-order chi connectivity index (χ1) is 10.4. The first-order valence-electron chi connectivity index (χ1n) is 6.40. The molecule has 2 aromatic carbocycles. The van der Waals surface area contributed by atoms with Gasteiger partial charge in [0.05, 0.1) is 18.3 Å². The average Bonchev–Trinajstić information content (AvgIpc) is 2.94. The summed E-state index contributed by atoms with van der Waals surface area (Å²) in [5, 5.41) is 0.778. The van der Waals surface area contributed by atoms with Crippen LogP contribution in [0.3, 0.4) is 0 Å². The second kappa shape index (κ2) is 5.03. The Hall–Kier alpha value is -2.54. The fourth-order valence-electron chi connectivity index (χ4n) is 2.28. The van der Waals surface area contributed by atoms with E-state index in [4.69, 9.17) is 10.5 Å². The molecule has 2 N–H and O–H groups in total. The van der Waals surface area contributed by atoms with Crippen molar-refractivity contribution in [3.05, 3.63) is 54.5 Å². The molecule has 0 radical (unpaired) electrons. The Kier molecular flexibility index (Phi) is 3.29. The Morgan fingerprint density at radius 1 is 1.18 bits per heavy atom. The lowest BCUT2D eigenvalue weighted by molar-refractivity contribution is 0.399. The van der Waals surface area contributed by atoms with Crippen LogP contribution in [-0.4, -0.2) is 19.5 Å². The number of rotatable bonds is 3. The normalized spacial score (nSPS) is 11.7. The van der Waals surface area contributed by atoms with Gasteiger partial charge in [-0.05, 0) is 18.2 Å². The molecule has 3 rings (SSSR count). The van der Waals surface area contributed by atoms with Gasteiger partial charge in [-0.15, -0.1) is 0 Å². The van der Waals surface area contributed by atoms with Crippen molar-refractivity contribution < 1.29 is 17.5 Å². The molecule has 0 fully saturated rings. The molecule has 22 heavy (non-hydrogen) atoms. The Morgan fingerprint density at radius 2 is 1.91 bits per heavy atom. The molecule has 0 saturated carbocycles. The predicted octanol–water partition coefficient (Wildman–Crippen LogP) is 2.61. The molecule has 114 valence electrons. The van der Waals surface area contributed by atoms with Crippen LogP contribution in [0.15, 0.2) is 53.6 Å². The van der Waals surface area contributed by atoms with Crippen LogP contribution in [0.4, 0.5) is 10.1 Å². The van der Waals surface area contributed by atoms with Crippen LogP contribution >= 0.6 is 0 Å². The number of para-hydroxylation sites is 1. The van der Waals surface area contributed by atoms with Crippen molar-refractivity contribution in [2.24, 2.45) is 0 Å². The molecule has 0 aliphatic rings. The van der Waals surface area contributed by atoms with Crippen molar-refractivity contribution in [3.63, 3.8) is 0 Å². The number of halogens is 1. The molecule has 0 unspecified atom stereocenters. The maximum absolute atomic E-state index is 13.5. The summed E-state index contributed by atoms with van der Waals surface area (Å²) in [7, 11) is -2.68. The van der Waals surface area contributed by atoms with Crippen molar-refractivity contribution in [3.8, 4) is 5.75 Å². The first-order valence-corrected chi connectivity index (χ1v) is 7.84. The highest BCUT2D eigenvalue weighted by molar-refractivity contribution is 7.90. The maximum atomic E-state index is 13.5. The van der Waals surface area contributed by atoms with Gasteiger partial charge in [-0.25, -0.2) is 16.8 Å². The van der Waals surface area contributed by atoms with E-state index in [9.17, 15) is 12.8 Å². The minimum absolute atomic E-state index is 0.0931. The van der Waals surface area contributed by atoms with Gasteiger partial charge in [-0.2, -0.15) is 0 Å². The average molecular weight is 320 g/mol. The summed E-state index contributed by atoms with van der Waals surface area (Å²) >= 11 is 0. The summed E-state index contributed by atoms with van der Waals surface area (Å²) in [5.74, 6) is -0.822. The van der Waals surface area contributed by atoms with E-state index < -0.39 is 15.8 Å². The quantitative estimate of drug-likeness (QED) is 0.753. The second-order valence-electron chi connectivity index (χ2n) is 4.70. The lowest BCUT2D eigenvalue weighted by Crippen LogP contribution is -2.14. The number of nitrogens with two attached hydrogens (primary N) is 1. The molecule has 5 nitrogen and oxygen atoms in total. The Bertz CT molecular complexity index is 964. The number of fused-ring (bicyclic) bond motifs is 1. The molecule has 0 spiro atoms. The van der Waals surface area contributed by atoms with Gasteiger partial charge in [-0.3, -0.25) is 0 Å². The zero-order chi connectivity index (χ0) is 15.9. The number of anilines is 1. The van der Waals surface area contributed by atoms with E-state index in [2.05, 4.69) is 0 Å². The van der Waals surface area contributed by atoms with Crippen molar-refractivity contribution in [2.75, 3.05) is 12.8 Å². The predicted molar refractivity (Wildman–Crippen MR) is 81.9 cm³/mol. The summed E-state index contributed by atoms with van der Waals surface area (Å²) in [6, 6.07) is 10.8. The third kappa shape index (κ3) is 2.10. The Morgan fingerprint density at radius 3 is 2.64 bits per heavy atom. The third-order valence-corrected chi connectivity index (χ3v) is 5.09. The lowest BCUT2D eigenvalue weighted by Gasteiger charge is -2.12. The molecular formula is C15H13FN2O3S. The number of hydrogen-bond donors (Lipinski definition) is 1. The molecule has 0 bridgehead atoms. The Labute approximate surface area is 126 Å². The van der Waals surface area contributed by atoms with E-state index in [0.29, 0.717) is 5.52 Å². The zero-order valence-corrected chi connectivity index (χ0v) is 12.5. The number of aromatic nitrogens is 1. The first kappa shape index (κ1) is 14.4. The second-order valence-corrected chi connectivity index (χ2v) is 6.48. The lowest BCUT2D eigenvalue weighted by atomic mass is 10.3. The minimum atomic E-state index is -3.96. The standard InChI is InChI=1S/C15H13FN2O3S/c1-21-14-8-11(16)12(17)9-15(14)22(19,20)18-7-6-10-4-2-3-5-13(10)18/h2-9H,17H2,1H3. The summed E-state index contributed by atoms with van der Waals surface area (Å²) in [6.45, 7) is 0. The monoisotopic (exact) mass is 320 g/mol. The summed E-state index contributed by atoms with van der Waals surface area (Å²) in [6.07, 6.45) is 1.44. The fraction of sp³-hybridized carbons (Fsp3) is 0.0667. The molecular weight excluding hydrogens is 307 g/mol. The molecule has 1 aromatic heterocycles. The van der Waals surface area contributed by atoms with E-state index >= 15 is 0 Å². The van der Waals surface area contributed by atoms with Gasteiger partial charge in [0.2, 0.25) is 0 Å². The topological polar surface area (TPSA) is 74.3 Å². The fourth-order valence-corrected chi connectivity index (χ4v) is 3.82. The van der Waals surface area contributed by atoms with Crippen LogP contribution in [0.5, 0.6) is 5.75 Å². The molecule has 0 saturated heterocycles. The SMILES string of the molecule is COc1cc(F)c(N)cc1S(=O)(=O)n1ccc2ccccc21. The molecule has 1 heterocycles. The van der Waals surface area contributed by atoms with Crippen LogP contribution in [0.25, 0.3) is 10.9 Å². The zero-order valence-electron chi connectivity index (χ0n) is 11.7. The van der Waals surface area contributed by atoms with Crippen molar-refractivity contribution in [2.45, 2.75) is 4.90 Å². The van der Waals surface area contributed by atoms with Gasteiger partial charge < -0.3 is 10.5 Å². The van der Waals surface area contributed by atoms with Gasteiger partial charge in [0.1, 0.15) is 16.5 Å². The minimum Gasteiger partial charge on any atom is -0.495 e. The molecule has 3 aromatic rings. The number of ether oxygens (including phenoxy) is 1. The van der Waals surface area contributed by atoms with E-state index in [-0.39, 0.29) is 16.3 Å².